The van der Waals surface area contributed by atoms with Gasteiger partial charge in [-0.05, 0) is 23.3 Å². The number of carbonyl (C=O) groups is 2. The van der Waals surface area contributed by atoms with Gasteiger partial charge in [-0.2, -0.15) is 0 Å². The zero-order valence-corrected chi connectivity index (χ0v) is 7.49. The second-order valence-electron chi connectivity index (χ2n) is 3.10. The van der Waals surface area contributed by atoms with Gasteiger partial charge in [-0.3, -0.25) is 9.59 Å². The fourth-order valence-electron chi connectivity index (χ4n) is 1.56. The van der Waals surface area contributed by atoms with Crippen molar-refractivity contribution < 1.29 is 9.59 Å². The molecule has 3 heteroatoms. The molecule has 0 saturated carbocycles. The van der Waals surface area contributed by atoms with Gasteiger partial charge in [-0.15, -0.1) is 0 Å². The highest BCUT2D eigenvalue weighted by Crippen LogP contribution is 2.27. The molecule has 1 N–H and O–H groups in total. The van der Waals surface area contributed by atoms with Gasteiger partial charge in [0.2, 0.25) is 5.91 Å². The molecule has 1 aromatic rings. The van der Waals surface area contributed by atoms with Gasteiger partial charge >= 0.3 is 0 Å². The first-order chi connectivity index (χ1) is 6.81. The molecule has 0 radical (unpaired) electrons. The molecule has 1 amide bonds. The lowest BCUT2D eigenvalue weighted by molar-refractivity contribution is -0.115. The first-order valence-corrected chi connectivity index (χ1v) is 4.35. The highest BCUT2D eigenvalue weighted by Gasteiger charge is 2.18. The molecule has 2 rings (SSSR count). The van der Waals surface area contributed by atoms with E-state index in [0.29, 0.717) is 6.42 Å². The maximum absolute atomic E-state index is 11.1. The van der Waals surface area contributed by atoms with Crippen molar-refractivity contribution in [1.82, 2.24) is 0 Å². The number of benzene rings is 1. The second-order valence-corrected chi connectivity index (χ2v) is 3.10. The van der Waals surface area contributed by atoms with Gasteiger partial charge in [-0.25, -0.2) is 0 Å². The number of anilines is 1. The molecule has 0 saturated heterocycles. The lowest BCUT2D eigenvalue weighted by Crippen LogP contribution is -2.04. The van der Waals surface area contributed by atoms with E-state index in [1.165, 1.54) is 6.08 Å². The van der Waals surface area contributed by atoms with Gasteiger partial charge in [0.15, 0.2) is 0 Å². The number of rotatable bonds is 2. The van der Waals surface area contributed by atoms with Crippen LogP contribution in [0.1, 0.15) is 11.1 Å². The van der Waals surface area contributed by atoms with Crippen LogP contribution in [0.2, 0.25) is 0 Å². The highest BCUT2D eigenvalue weighted by molar-refractivity contribution is 6.01. The van der Waals surface area contributed by atoms with E-state index in [1.54, 1.807) is 6.08 Å². The van der Waals surface area contributed by atoms with Gasteiger partial charge in [0.05, 0.1) is 12.1 Å². The molecule has 0 fully saturated rings. The number of aldehydes is 1. The van der Waals surface area contributed by atoms with Crippen molar-refractivity contribution in [3.63, 3.8) is 0 Å². The fraction of sp³-hybridized carbons (Fsp3) is 0.0909. The van der Waals surface area contributed by atoms with Gasteiger partial charge < -0.3 is 5.32 Å². The predicted molar refractivity (Wildman–Crippen MR) is 53.9 cm³/mol. The first kappa shape index (κ1) is 8.69. The Hall–Kier alpha value is -1.90. The van der Waals surface area contributed by atoms with Crippen LogP contribution in [0.5, 0.6) is 0 Å². The summed E-state index contributed by atoms with van der Waals surface area (Å²) >= 11 is 0. The Bertz CT molecular complexity index is 421. The number of fused-ring (bicyclic) bond motifs is 1. The largest absolute Gasteiger partial charge is 0.325 e. The second kappa shape index (κ2) is 3.46. The summed E-state index contributed by atoms with van der Waals surface area (Å²) < 4.78 is 0. The minimum Gasteiger partial charge on any atom is -0.325 e. The molecular weight excluding hydrogens is 178 g/mol. The lowest BCUT2D eigenvalue weighted by Gasteiger charge is -2.02. The monoisotopic (exact) mass is 187 g/mol. The zero-order valence-electron chi connectivity index (χ0n) is 7.49. The maximum Gasteiger partial charge on any atom is 0.228 e. The Morgan fingerprint density at radius 1 is 1.36 bits per heavy atom. The van der Waals surface area contributed by atoms with Crippen LogP contribution in [-0.2, 0) is 16.0 Å². The third-order valence-electron chi connectivity index (χ3n) is 2.15. The van der Waals surface area contributed by atoms with Crippen LogP contribution < -0.4 is 5.32 Å². The topological polar surface area (TPSA) is 46.2 Å². The molecule has 14 heavy (non-hydrogen) atoms. The molecule has 0 aliphatic carbocycles. The third kappa shape index (κ3) is 1.44. The minimum atomic E-state index is 0.00644. The standard InChI is InChI=1S/C11H9NO2/c13-6-2-5-8-3-1-4-9-7-10(14)12-11(8)9/h1-6H,7H2,(H,12,14). The summed E-state index contributed by atoms with van der Waals surface area (Å²) in [6.45, 7) is 0. The van der Waals surface area contributed by atoms with Crippen LogP contribution in [0.25, 0.3) is 6.08 Å². The normalized spacial score (nSPS) is 14.1. The van der Waals surface area contributed by atoms with Crippen molar-refractivity contribution in [3.8, 4) is 0 Å². The third-order valence-corrected chi connectivity index (χ3v) is 2.15. The average molecular weight is 187 g/mol. The van der Waals surface area contributed by atoms with Crippen molar-refractivity contribution in [2.24, 2.45) is 0 Å². The molecule has 0 aromatic heterocycles. The van der Waals surface area contributed by atoms with E-state index in [2.05, 4.69) is 5.32 Å². The summed E-state index contributed by atoms with van der Waals surface area (Å²) in [6.07, 6.45) is 4.26. The molecule has 0 atom stereocenters. The molecule has 0 unspecified atom stereocenters. The lowest BCUT2D eigenvalue weighted by atomic mass is 10.1. The Kier molecular flexibility index (Phi) is 2.14. The SMILES string of the molecule is O=CC=Cc1cccc2c1NC(=O)C2. The van der Waals surface area contributed by atoms with Gasteiger partial charge in [0.25, 0.3) is 0 Å². The summed E-state index contributed by atoms with van der Waals surface area (Å²) in [5.41, 5.74) is 2.69. The van der Waals surface area contributed by atoms with Gasteiger partial charge in [0, 0.05) is 0 Å². The van der Waals surface area contributed by atoms with E-state index in [0.717, 1.165) is 23.1 Å². The zero-order chi connectivity index (χ0) is 9.97. The van der Waals surface area contributed by atoms with Crippen LogP contribution in [0.4, 0.5) is 5.69 Å². The number of nitrogens with one attached hydrogen (secondary N) is 1. The predicted octanol–water partition coefficient (Wildman–Crippen LogP) is 1.39. The minimum absolute atomic E-state index is 0.00644. The fourth-order valence-corrected chi connectivity index (χ4v) is 1.56. The van der Waals surface area contributed by atoms with Crippen molar-refractivity contribution in [2.45, 2.75) is 6.42 Å². The molecule has 1 aliphatic rings. The molecule has 0 spiro atoms. The maximum atomic E-state index is 11.1. The summed E-state index contributed by atoms with van der Waals surface area (Å²) in [4.78, 5) is 21.3. The number of hydrogen-bond donors (Lipinski definition) is 1. The van der Waals surface area contributed by atoms with Crippen LogP contribution in [0.15, 0.2) is 24.3 Å². The van der Waals surface area contributed by atoms with Crippen LogP contribution in [0.3, 0.4) is 0 Å². The van der Waals surface area contributed by atoms with Crippen molar-refractivity contribution in [3.05, 3.63) is 35.4 Å². The van der Waals surface area contributed by atoms with Gasteiger partial charge in [-0.1, -0.05) is 18.2 Å². The van der Waals surface area contributed by atoms with E-state index in [4.69, 9.17) is 0 Å². The smallest absolute Gasteiger partial charge is 0.228 e. The molecule has 3 nitrogen and oxygen atoms in total. The Morgan fingerprint density at radius 3 is 3.00 bits per heavy atom. The van der Waals surface area contributed by atoms with Crippen LogP contribution in [0, 0.1) is 0 Å². The number of hydrogen-bond acceptors (Lipinski definition) is 2. The Morgan fingerprint density at radius 2 is 2.21 bits per heavy atom. The quantitative estimate of drug-likeness (QED) is 0.561. The number of para-hydroxylation sites is 1. The van der Waals surface area contributed by atoms with E-state index >= 15 is 0 Å². The molecule has 1 aliphatic heterocycles. The van der Waals surface area contributed by atoms with Crippen LogP contribution in [-0.4, -0.2) is 12.2 Å². The van der Waals surface area contributed by atoms with E-state index in [1.807, 2.05) is 18.2 Å². The molecule has 1 aromatic carbocycles. The number of amides is 1. The van der Waals surface area contributed by atoms with Crippen molar-refractivity contribution >= 4 is 24.0 Å². The summed E-state index contributed by atoms with van der Waals surface area (Å²) in [5, 5.41) is 2.77. The Balaban J connectivity index is 2.44. The van der Waals surface area contributed by atoms with Crippen molar-refractivity contribution in [2.75, 3.05) is 5.32 Å². The van der Waals surface area contributed by atoms with E-state index in [9.17, 15) is 9.59 Å². The van der Waals surface area contributed by atoms with E-state index in [-0.39, 0.29) is 5.91 Å². The molecule has 1 heterocycles. The van der Waals surface area contributed by atoms with Gasteiger partial charge in [0.1, 0.15) is 6.29 Å². The summed E-state index contributed by atoms with van der Waals surface area (Å²) in [6, 6.07) is 5.65. The van der Waals surface area contributed by atoms with Crippen molar-refractivity contribution in [1.29, 1.82) is 0 Å². The van der Waals surface area contributed by atoms with E-state index < -0.39 is 0 Å². The average Bonchev–Trinajstić information content (AvgIpc) is 2.55. The van der Waals surface area contributed by atoms with Crippen LogP contribution >= 0.6 is 0 Å². The molecular formula is C11H9NO2. The number of carbonyl (C=O) groups excluding carboxylic acids is 2. The summed E-state index contributed by atoms with van der Waals surface area (Å²) in [7, 11) is 0. The summed E-state index contributed by atoms with van der Waals surface area (Å²) in [5.74, 6) is 0.00644. The first-order valence-electron chi connectivity index (χ1n) is 4.35. The Labute approximate surface area is 81.4 Å². The number of allylic oxidation sites excluding steroid dienone is 1. The molecule has 0 bridgehead atoms. The highest BCUT2D eigenvalue weighted by atomic mass is 16.1. The molecule has 70 valence electrons.